The zero-order chi connectivity index (χ0) is 20.5. The number of nitrogens with one attached hydrogen (secondary N) is 2. The van der Waals surface area contributed by atoms with Crippen molar-refractivity contribution in [3.05, 3.63) is 63.9 Å². The van der Waals surface area contributed by atoms with E-state index in [1.807, 2.05) is 24.3 Å². The van der Waals surface area contributed by atoms with Crippen molar-refractivity contribution in [2.45, 2.75) is 25.2 Å². The highest BCUT2D eigenvalue weighted by molar-refractivity contribution is 6.31. The molecule has 0 unspecified atom stereocenters. The first-order chi connectivity index (χ1) is 13.3. The number of carbonyl (C=O) groups is 2. The molecule has 2 aromatic rings. The zero-order valence-corrected chi connectivity index (χ0v) is 16.7. The molecule has 1 aliphatic heterocycles. The normalized spacial score (nSPS) is 15.1. The summed E-state index contributed by atoms with van der Waals surface area (Å²) in [7, 11) is 1.21. The van der Waals surface area contributed by atoms with Gasteiger partial charge in [0.2, 0.25) is 5.91 Å². The second kappa shape index (κ2) is 7.89. The van der Waals surface area contributed by atoms with Crippen LogP contribution in [0.4, 0.5) is 10.1 Å². The number of carbonyl (C=O) groups excluding carboxylic acids is 2. The lowest BCUT2D eigenvalue weighted by atomic mass is 9.71. The fourth-order valence-electron chi connectivity index (χ4n) is 3.46. The molecule has 0 spiro atoms. The molecule has 1 aliphatic rings. The van der Waals surface area contributed by atoms with Gasteiger partial charge in [0.25, 0.3) is 0 Å². The van der Waals surface area contributed by atoms with Crippen molar-refractivity contribution in [1.82, 2.24) is 5.32 Å². The Kier molecular flexibility index (Phi) is 5.72. The number of hydrogen-bond donors (Lipinski definition) is 2. The van der Waals surface area contributed by atoms with Crippen LogP contribution in [0.5, 0.6) is 0 Å². The van der Waals surface area contributed by atoms with Crippen molar-refractivity contribution >= 4 is 29.2 Å². The van der Waals surface area contributed by atoms with Crippen molar-refractivity contribution in [3.8, 4) is 0 Å². The van der Waals surface area contributed by atoms with Gasteiger partial charge in [0.15, 0.2) is 0 Å². The number of methoxy groups -OCH3 is 1. The third kappa shape index (κ3) is 3.50. The highest BCUT2D eigenvalue weighted by atomic mass is 35.5. The Bertz CT molecular complexity index is 926. The first-order valence-corrected chi connectivity index (χ1v) is 9.37. The lowest BCUT2D eigenvalue weighted by Gasteiger charge is -2.43. The summed E-state index contributed by atoms with van der Waals surface area (Å²) in [5.74, 6) is -1.51. The van der Waals surface area contributed by atoms with Crippen molar-refractivity contribution in [1.29, 1.82) is 0 Å². The molecular formula is C21H22ClFN2O3. The molecule has 7 heteroatoms. The molecule has 0 bridgehead atoms. The number of esters is 1. The van der Waals surface area contributed by atoms with E-state index in [1.54, 1.807) is 0 Å². The predicted octanol–water partition coefficient (Wildman–Crippen LogP) is 3.87. The van der Waals surface area contributed by atoms with Gasteiger partial charge < -0.3 is 15.4 Å². The van der Waals surface area contributed by atoms with E-state index >= 15 is 0 Å². The number of ether oxygens (including phenoxy) is 1. The first-order valence-electron chi connectivity index (χ1n) is 8.99. The minimum absolute atomic E-state index is 0.00169. The molecule has 0 atom stereocenters. The Morgan fingerprint density at radius 2 is 1.93 bits per heavy atom. The summed E-state index contributed by atoms with van der Waals surface area (Å²) in [6, 6.07) is 10.00. The number of hydrogen-bond acceptors (Lipinski definition) is 4. The molecular weight excluding hydrogens is 383 g/mol. The highest BCUT2D eigenvalue weighted by Gasteiger charge is 2.47. The topological polar surface area (TPSA) is 67.4 Å². The van der Waals surface area contributed by atoms with Crippen LogP contribution < -0.4 is 10.6 Å². The Balaban J connectivity index is 2.01. The monoisotopic (exact) mass is 404 g/mol. The van der Waals surface area contributed by atoms with Crippen LogP contribution in [-0.4, -0.2) is 32.1 Å². The number of amides is 1. The Morgan fingerprint density at radius 1 is 1.25 bits per heavy atom. The summed E-state index contributed by atoms with van der Waals surface area (Å²) in [6.45, 7) is 5.04. The maximum atomic E-state index is 14.0. The van der Waals surface area contributed by atoms with Gasteiger partial charge >= 0.3 is 5.97 Å². The van der Waals surface area contributed by atoms with Gasteiger partial charge in [-0.1, -0.05) is 49.7 Å². The summed E-state index contributed by atoms with van der Waals surface area (Å²) < 4.78 is 18.7. The average molecular weight is 405 g/mol. The maximum absolute atomic E-state index is 14.0. The van der Waals surface area contributed by atoms with E-state index in [4.69, 9.17) is 16.3 Å². The van der Waals surface area contributed by atoms with Gasteiger partial charge in [-0.25, -0.2) is 9.18 Å². The molecule has 5 nitrogen and oxygen atoms in total. The van der Waals surface area contributed by atoms with Gasteiger partial charge in [0, 0.05) is 13.1 Å². The summed E-state index contributed by atoms with van der Waals surface area (Å²) in [5, 5.41) is 5.66. The lowest BCUT2D eigenvalue weighted by molar-refractivity contribution is -0.123. The van der Waals surface area contributed by atoms with Crippen LogP contribution in [-0.2, 0) is 14.9 Å². The van der Waals surface area contributed by atoms with E-state index in [-0.39, 0.29) is 28.1 Å². The van der Waals surface area contributed by atoms with Crippen LogP contribution in [0.25, 0.3) is 0 Å². The minimum atomic E-state index is -0.801. The smallest absolute Gasteiger partial charge is 0.340 e. The predicted molar refractivity (Wildman–Crippen MR) is 106 cm³/mol. The molecule has 148 valence electrons. The van der Waals surface area contributed by atoms with Gasteiger partial charge in [0.1, 0.15) is 5.82 Å². The largest absolute Gasteiger partial charge is 0.465 e. The van der Waals surface area contributed by atoms with Crippen LogP contribution in [0.2, 0.25) is 5.02 Å². The average Bonchev–Trinajstić information content (AvgIpc) is 2.63. The fourth-order valence-corrected chi connectivity index (χ4v) is 3.62. The molecule has 1 amide bonds. The van der Waals surface area contributed by atoms with Gasteiger partial charge in [-0.05, 0) is 29.2 Å². The highest BCUT2D eigenvalue weighted by Crippen LogP contribution is 2.36. The Hall–Kier alpha value is -2.44. The molecule has 28 heavy (non-hydrogen) atoms. The van der Waals surface area contributed by atoms with E-state index < -0.39 is 17.2 Å². The van der Waals surface area contributed by atoms with Crippen LogP contribution in [0.15, 0.2) is 36.4 Å². The third-order valence-corrected chi connectivity index (χ3v) is 5.39. The molecule has 2 N–H and O–H groups in total. The van der Waals surface area contributed by atoms with Crippen molar-refractivity contribution in [3.63, 3.8) is 0 Å². The number of anilines is 1. The van der Waals surface area contributed by atoms with E-state index in [1.165, 1.54) is 7.11 Å². The molecule has 0 aliphatic carbocycles. The van der Waals surface area contributed by atoms with Crippen LogP contribution in [0, 0.1) is 5.82 Å². The number of rotatable bonds is 5. The van der Waals surface area contributed by atoms with Crippen molar-refractivity contribution in [2.75, 3.05) is 25.5 Å². The quantitative estimate of drug-likeness (QED) is 0.742. The van der Waals surface area contributed by atoms with Crippen LogP contribution in [0.1, 0.15) is 41.3 Å². The lowest BCUT2D eigenvalue weighted by Crippen LogP contribution is -2.63. The fraction of sp³-hybridized carbons (Fsp3) is 0.333. The molecule has 1 saturated heterocycles. The standard InChI is InChI=1S/C21H22ClFN2O3/c1-12(2)13-6-4-5-7-15(13)21(10-24-11-21)20(27)25-18-9-17(23)16(22)8-14(18)19(26)28-3/h4-9,12,24H,10-11H2,1-3H3,(H,25,27). The molecule has 3 rings (SSSR count). The maximum Gasteiger partial charge on any atom is 0.340 e. The zero-order valence-electron chi connectivity index (χ0n) is 15.9. The SMILES string of the molecule is COC(=O)c1cc(Cl)c(F)cc1NC(=O)C1(c2ccccc2C(C)C)CNC1. The summed E-state index contributed by atoms with van der Waals surface area (Å²) in [4.78, 5) is 25.4. The molecule has 2 aromatic carbocycles. The summed E-state index contributed by atoms with van der Waals surface area (Å²) in [5.41, 5.74) is 1.24. The molecule has 0 saturated carbocycles. The van der Waals surface area contributed by atoms with Gasteiger partial charge in [-0.2, -0.15) is 0 Å². The molecule has 0 radical (unpaired) electrons. The summed E-state index contributed by atoms with van der Waals surface area (Å²) in [6.07, 6.45) is 0. The minimum Gasteiger partial charge on any atom is -0.465 e. The van der Waals surface area contributed by atoms with Gasteiger partial charge in [-0.3, -0.25) is 4.79 Å². The van der Waals surface area contributed by atoms with Crippen molar-refractivity contribution < 1.29 is 18.7 Å². The second-order valence-corrected chi connectivity index (χ2v) is 7.59. The molecule has 1 fully saturated rings. The number of halogens is 2. The Labute approximate surface area is 168 Å². The van der Waals surface area contributed by atoms with Crippen LogP contribution in [0.3, 0.4) is 0 Å². The van der Waals surface area contributed by atoms with E-state index in [0.717, 1.165) is 23.3 Å². The van der Waals surface area contributed by atoms with Gasteiger partial charge in [0.05, 0.1) is 28.8 Å². The Morgan fingerprint density at radius 3 is 2.50 bits per heavy atom. The van der Waals surface area contributed by atoms with Crippen LogP contribution >= 0.6 is 11.6 Å². The van der Waals surface area contributed by atoms with Gasteiger partial charge in [-0.15, -0.1) is 0 Å². The third-order valence-electron chi connectivity index (χ3n) is 5.10. The number of benzene rings is 2. The van der Waals surface area contributed by atoms with Crippen molar-refractivity contribution in [2.24, 2.45) is 0 Å². The second-order valence-electron chi connectivity index (χ2n) is 7.19. The first kappa shape index (κ1) is 20.3. The summed E-state index contributed by atoms with van der Waals surface area (Å²) >= 11 is 5.80. The molecule has 1 heterocycles. The van der Waals surface area contributed by atoms with E-state index in [0.29, 0.717) is 13.1 Å². The van der Waals surface area contributed by atoms with E-state index in [9.17, 15) is 14.0 Å². The van der Waals surface area contributed by atoms with E-state index in [2.05, 4.69) is 24.5 Å². The molecule has 0 aromatic heterocycles.